The third-order valence-electron chi connectivity index (χ3n) is 5.90. The van der Waals surface area contributed by atoms with Crippen LogP contribution in [0, 0.1) is 11.8 Å². The molecule has 0 aliphatic carbocycles. The minimum Gasteiger partial charge on any atom is -0.469 e. The highest BCUT2D eigenvalue weighted by molar-refractivity contribution is 6.03. The number of esters is 1. The van der Waals surface area contributed by atoms with Crippen molar-refractivity contribution < 1.29 is 23.9 Å². The van der Waals surface area contributed by atoms with E-state index in [1.807, 2.05) is 0 Å². The molecule has 0 aromatic rings. The molecular formula is C23H39NO5. The standard InChI is InChI=1S/C23H39NO5/c1-29-22(27)16-12-8-5-7-11-15-19(20-18-21(26)24-23(20)28)14-10-6-3-2-4-9-13-17-25/h17,19-20H,2-16,18H2,1H3,(H,24,26,28). The Balaban J connectivity index is 2.24. The lowest BCUT2D eigenvalue weighted by atomic mass is 9.82. The first-order chi connectivity index (χ1) is 14.1. The molecular weight excluding hydrogens is 370 g/mol. The van der Waals surface area contributed by atoms with Gasteiger partial charge in [0.15, 0.2) is 0 Å². The van der Waals surface area contributed by atoms with E-state index < -0.39 is 0 Å². The summed E-state index contributed by atoms with van der Waals surface area (Å²) in [5, 5.41) is 2.46. The number of rotatable bonds is 18. The van der Waals surface area contributed by atoms with Crippen LogP contribution in [-0.2, 0) is 23.9 Å². The minimum absolute atomic E-state index is 0.0908. The fourth-order valence-electron chi connectivity index (χ4n) is 4.15. The Labute approximate surface area is 175 Å². The topological polar surface area (TPSA) is 89.5 Å². The number of hydrogen-bond donors (Lipinski definition) is 1. The minimum atomic E-state index is -0.158. The molecule has 29 heavy (non-hydrogen) atoms. The maximum absolute atomic E-state index is 12.1. The number of aldehydes is 1. The molecule has 166 valence electrons. The third-order valence-corrected chi connectivity index (χ3v) is 5.90. The first-order valence-electron chi connectivity index (χ1n) is 11.4. The van der Waals surface area contributed by atoms with Crippen molar-refractivity contribution in [2.24, 2.45) is 11.8 Å². The van der Waals surface area contributed by atoms with Gasteiger partial charge in [-0.05, 0) is 31.6 Å². The van der Waals surface area contributed by atoms with Crippen LogP contribution in [-0.4, -0.2) is 31.2 Å². The summed E-state index contributed by atoms with van der Waals surface area (Å²) in [6, 6.07) is 0. The molecule has 1 aliphatic rings. The van der Waals surface area contributed by atoms with Crippen molar-refractivity contribution in [2.75, 3.05) is 7.11 Å². The average Bonchev–Trinajstić information content (AvgIpc) is 3.05. The summed E-state index contributed by atoms with van der Waals surface area (Å²) in [6.07, 6.45) is 16.2. The molecule has 0 spiro atoms. The van der Waals surface area contributed by atoms with E-state index in [-0.39, 0.29) is 29.6 Å². The number of amides is 2. The third kappa shape index (κ3) is 11.8. The average molecular weight is 410 g/mol. The van der Waals surface area contributed by atoms with Gasteiger partial charge in [-0.2, -0.15) is 0 Å². The lowest BCUT2D eigenvalue weighted by Crippen LogP contribution is -2.26. The molecule has 1 aliphatic heterocycles. The second-order valence-electron chi connectivity index (χ2n) is 8.23. The highest BCUT2D eigenvalue weighted by Gasteiger charge is 2.35. The van der Waals surface area contributed by atoms with Crippen LogP contribution in [0.25, 0.3) is 0 Å². The Morgan fingerprint density at radius 2 is 1.52 bits per heavy atom. The summed E-state index contributed by atoms with van der Waals surface area (Å²) in [4.78, 5) is 45.1. The predicted octanol–water partition coefficient (Wildman–Crippen LogP) is 4.49. The smallest absolute Gasteiger partial charge is 0.305 e. The Morgan fingerprint density at radius 3 is 2.03 bits per heavy atom. The summed E-state index contributed by atoms with van der Waals surface area (Å²) < 4.78 is 4.65. The van der Waals surface area contributed by atoms with Gasteiger partial charge >= 0.3 is 5.97 Å². The van der Waals surface area contributed by atoms with E-state index in [9.17, 15) is 19.2 Å². The Hall–Kier alpha value is -1.72. The van der Waals surface area contributed by atoms with Gasteiger partial charge < -0.3 is 9.53 Å². The van der Waals surface area contributed by atoms with E-state index in [4.69, 9.17) is 0 Å². The maximum Gasteiger partial charge on any atom is 0.305 e. The molecule has 0 radical (unpaired) electrons. The summed E-state index contributed by atoms with van der Waals surface area (Å²) in [6.45, 7) is 0. The van der Waals surface area contributed by atoms with Crippen molar-refractivity contribution in [3.05, 3.63) is 0 Å². The van der Waals surface area contributed by atoms with Crippen molar-refractivity contribution >= 4 is 24.1 Å². The van der Waals surface area contributed by atoms with Crippen LogP contribution < -0.4 is 5.32 Å². The van der Waals surface area contributed by atoms with Crippen molar-refractivity contribution in [3.8, 4) is 0 Å². The van der Waals surface area contributed by atoms with E-state index in [0.717, 1.165) is 83.3 Å². The quantitative estimate of drug-likeness (QED) is 0.156. The Kier molecular flexibility index (Phi) is 14.1. The van der Waals surface area contributed by atoms with Crippen molar-refractivity contribution in [1.29, 1.82) is 0 Å². The fourth-order valence-corrected chi connectivity index (χ4v) is 4.15. The molecule has 2 amide bonds. The second kappa shape index (κ2) is 16.1. The van der Waals surface area contributed by atoms with Crippen LogP contribution in [0.15, 0.2) is 0 Å². The van der Waals surface area contributed by atoms with Gasteiger partial charge in [-0.25, -0.2) is 0 Å². The lowest BCUT2D eigenvalue weighted by Gasteiger charge is -2.21. The van der Waals surface area contributed by atoms with Crippen molar-refractivity contribution in [2.45, 2.75) is 103 Å². The number of methoxy groups -OCH3 is 1. The van der Waals surface area contributed by atoms with Gasteiger partial charge in [-0.3, -0.25) is 19.7 Å². The van der Waals surface area contributed by atoms with E-state index in [1.165, 1.54) is 13.5 Å². The normalized spacial score (nSPS) is 17.2. The number of unbranched alkanes of at least 4 members (excludes halogenated alkanes) is 10. The largest absolute Gasteiger partial charge is 0.469 e. The fraction of sp³-hybridized carbons (Fsp3) is 0.826. The van der Waals surface area contributed by atoms with Crippen molar-refractivity contribution in [3.63, 3.8) is 0 Å². The molecule has 0 aromatic heterocycles. The molecule has 0 bridgehead atoms. The second-order valence-corrected chi connectivity index (χ2v) is 8.23. The Bertz CT molecular complexity index is 505. The van der Waals surface area contributed by atoms with Gasteiger partial charge in [0.1, 0.15) is 6.29 Å². The van der Waals surface area contributed by atoms with E-state index >= 15 is 0 Å². The first-order valence-corrected chi connectivity index (χ1v) is 11.4. The van der Waals surface area contributed by atoms with Crippen LogP contribution in [0.1, 0.15) is 103 Å². The van der Waals surface area contributed by atoms with Gasteiger partial charge in [-0.1, -0.05) is 57.8 Å². The molecule has 1 rings (SSSR count). The molecule has 6 nitrogen and oxygen atoms in total. The van der Waals surface area contributed by atoms with Crippen LogP contribution in [0.4, 0.5) is 0 Å². The molecule has 2 atom stereocenters. The number of hydrogen-bond acceptors (Lipinski definition) is 5. The number of carbonyl (C=O) groups excluding carboxylic acids is 4. The number of carbonyl (C=O) groups is 4. The number of ether oxygens (including phenoxy) is 1. The molecule has 2 unspecified atom stereocenters. The van der Waals surface area contributed by atoms with Gasteiger partial charge in [0, 0.05) is 25.2 Å². The highest BCUT2D eigenvalue weighted by atomic mass is 16.5. The number of imide groups is 1. The van der Waals surface area contributed by atoms with Gasteiger partial charge in [-0.15, -0.1) is 0 Å². The Morgan fingerprint density at radius 1 is 0.966 bits per heavy atom. The van der Waals surface area contributed by atoms with Crippen LogP contribution >= 0.6 is 0 Å². The molecule has 6 heteroatoms. The van der Waals surface area contributed by atoms with Crippen LogP contribution in [0.5, 0.6) is 0 Å². The predicted molar refractivity (Wildman–Crippen MR) is 112 cm³/mol. The van der Waals surface area contributed by atoms with Crippen LogP contribution in [0.3, 0.4) is 0 Å². The van der Waals surface area contributed by atoms with Crippen molar-refractivity contribution in [1.82, 2.24) is 5.32 Å². The lowest BCUT2D eigenvalue weighted by molar-refractivity contribution is -0.140. The maximum atomic E-state index is 12.1. The number of nitrogens with one attached hydrogen (secondary N) is 1. The van der Waals surface area contributed by atoms with Gasteiger partial charge in [0.2, 0.25) is 11.8 Å². The van der Waals surface area contributed by atoms with E-state index in [1.54, 1.807) is 0 Å². The highest BCUT2D eigenvalue weighted by Crippen LogP contribution is 2.30. The molecule has 1 N–H and O–H groups in total. The first kappa shape index (κ1) is 25.3. The SMILES string of the molecule is COC(=O)CCCCCCCC(CCCCCCCCC=O)C1CC(=O)NC1=O. The van der Waals surface area contributed by atoms with Crippen LogP contribution in [0.2, 0.25) is 0 Å². The van der Waals surface area contributed by atoms with E-state index in [2.05, 4.69) is 10.1 Å². The summed E-state index contributed by atoms with van der Waals surface area (Å²) in [5.41, 5.74) is 0. The zero-order valence-corrected chi connectivity index (χ0v) is 18.1. The summed E-state index contributed by atoms with van der Waals surface area (Å²) in [5.74, 6) is -0.248. The zero-order valence-electron chi connectivity index (χ0n) is 18.1. The molecule has 0 saturated carbocycles. The molecule has 0 aromatic carbocycles. The zero-order chi connectivity index (χ0) is 21.3. The molecule has 1 heterocycles. The van der Waals surface area contributed by atoms with Gasteiger partial charge in [0.25, 0.3) is 0 Å². The van der Waals surface area contributed by atoms with Gasteiger partial charge in [0.05, 0.1) is 7.11 Å². The molecule has 1 fully saturated rings. The summed E-state index contributed by atoms with van der Waals surface area (Å²) >= 11 is 0. The molecule has 1 saturated heterocycles. The summed E-state index contributed by atoms with van der Waals surface area (Å²) in [7, 11) is 1.42. The van der Waals surface area contributed by atoms with E-state index in [0.29, 0.717) is 19.3 Å². The monoisotopic (exact) mass is 409 g/mol.